The van der Waals surface area contributed by atoms with E-state index in [0.717, 1.165) is 5.56 Å². The number of amides is 3. The molecule has 7 heteroatoms. The van der Waals surface area contributed by atoms with Crippen LogP contribution in [0.5, 0.6) is 11.5 Å². The highest BCUT2D eigenvalue weighted by Crippen LogP contribution is 2.35. The third kappa shape index (κ3) is 4.35. The zero-order chi connectivity index (χ0) is 20.9. The summed E-state index contributed by atoms with van der Waals surface area (Å²) in [6, 6.07) is 21.2. The molecule has 3 aromatic carbocycles. The molecular weight excluding hydrogens is 382 g/mol. The van der Waals surface area contributed by atoms with E-state index in [0.29, 0.717) is 28.4 Å². The molecule has 152 valence electrons. The number of nitrogens with one attached hydrogen (secondary N) is 3. The van der Waals surface area contributed by atoms with E-state index in [9.17, 15) is 9.59 Å². The van der Waals surface area contributed by atoms with Gasteiger partial charge in [-0.2, -0.15) is 0 Å². The lowest BCUT2D eigenvalue weighted by atomic mass is 10.1. The summed E-state index contributed by atoms with van der Waals surface area (Å²) in [7, 11) is 0. The maximum absolute atomic E-state index is 12.7. The minimum Gasteiger partial charge on any atom is -0.454 e. The Labute approximate surface area is 174 Å². The Hall–Kier alpha value is -4.00. The third-order valence-electron chi connectivity index (χ3n) is 4.69. The van der Waals surface area contributed by atoms with E-state index in [-0.39, 0.29) is 24.8 Å². The van der Waals surface area contributed by atoms with Gasteiger partial charge in [0.25, 0.3) is 5.91 Å². The Morgan fingerprint density at radius 3 is 2.27 bits per heavy atom. The van der Waals surface area contributed by atoms with Crippen molar-refractivity contribution in [2.45, 2.75) is 13.0 Å². The molecule has 0 fully saturated rings. The predicted molar refractivity (Wildman–Crippen MR) is 114 cm³/mol. The van der Waals surface area contributed by atoms with Gasteiger partial charge in [-0.1, -0.05) is 36.4 Å². The molecule has 0 aliphatic carbocycles. The second-order valence-corrected chi connectivity index (χ2v) is 6.80. The van der Waals surface area contributed by atoms with Gasteiger partial charge in [-0.05, 0) is 48.9 Å². The highest BCUT2D eigenvalue weighted by Gasteiger charge is 2.22. The van der Waals surface area contributed by atoms with Crippen LogP contribution in [-0.4, -0.2) is 18.7 Å². The quantitative estimate of drug-likeness (QED) is 0.583. The Kier molecular flexibility index (Phi) is 5.52. The number of urea groups is 1. The number of anilines is 2. The number of hydrogen-bond acceptors (Lipinski definition) is 4. The van der Waals surface area contributed by atoms with Gasteiger partial charge in [0, 0.05) is 11.4 Å². The highest BCUT2D eigenvalue weighted by molar-refractivity contribution is 6.00. The first-order chi connectivity index (χ1) is 14.6. The fourth-order valence-electron chi connectivity index (χ4n) is 3.14. The van der Waals surface area contributed by atoms with Crippen molar-refractivity contribution < 1.29 is 19.1 Å². The number of carbonyl (C=O) groups excluding carboxylic acids is 2. The summed E-state index contributed by atoms with van der Waals surface area (Å²) in [6.07, 6.45) is 0. The molecule has 7 nitrogen and oxygen atoms in total. The Balaban J connectivity index is 1.36. The van der Waals surface area contributed by atoms with E-state index in [2.05, 4.69) is 16.0 Å². The van der Waals surface area contributed by atoms with E-state index < -0.39 is 0 Å². The number of para-hydroxylation sites is 2. The number of fused-ring (bicyclic) bond motifs is 1. The molecule has 4 rings (SSSR count). The molecule has 0 saturated carbocycles. The van der Waals surface area contributed by atoms with E-state index in [4.69, 9.17) is 9.47 Å². The summed E-state index contributed by atoms with van der Waals surface area (Å²) in [5.41, 5.74) is 2.71. The first-order valence-corrected chi connectivity index (χ1v) is 9.52. The van der Waals surface area contributed by atoms with Crippen molar-refractivity contribution in [3.63, 3.8) is 0 Å². The standard InChI is InChI=1S/C23H21N3O4/c1-15(24-22(27)19-8-5-9-20-21(19)30-14-29-20)16-10-12-18(13-11-16)26-23(28)25-17-6-3-2-4-7-17/h2-13,15H,14H2,1H3,(H,24,27)(H2,25,26,28). The molecule has 0 saturated heterocycles. The van der Waals surface area contributed by atoms with Gasteiger partial charge in [-0.25, -0.2) is 4.79 Å². The van der Waals surface area contributed by atoms with Crippen molar-refractivity contribution in [3.8, 4) is 11.5 Å². The number of hydrogen-bond donors (Lipinski definition) is 3. The van der Waals surface area contributed by atoms with Crippen LogP contribution in [-0.2, 0) is 0 Å². The van der Waals surface area contributed by atoms with Crippen molar-refractivity contribution in [1.29, 1.82) is 0 Å². The summed E-state index contributed by atoms with van der Waals surface area (Å²) in [4.78, 5) is 24.8. The Morgan fingerprint density at radius 1 is 0.833 bits per heavy atom. The maximum Gasteiger partial charge on any atom is 0.323 e. The molecule has 1 heterocycles. The van der Waals surface area contributed by atoms with Crippen molar-refractivity contribution in [1.82, 2.24) is 5.32 Å². The molecule has 3 amide bonds. The van der Waals surface area contributed by atoms with Gasteiger partial charge in [0.1, 0.15) is 0 Å². The van der Waals surface area contributed by atoms with E-state index in [1.54, 1.807) is 30.3 Å². The molecule has 1 aliphatic heterocycles. The van der Waals surface area contributed by atoms with Crippen LogP contribution in [0, 0.1) is 0 Å². The van der Waals surface area contributed by atoms with Crippen LogP contribution in [0.25, 0.3) is 0 Å². The largest absolute Gasteiger partial charge is 0.454 e. The smallest absolute Gasteiger partial charge is 0.323 e. The SMILES string of the molecule is CC(NC(=O)c1cccc2c1OCO2)c1ccc(NC(=O)Nc2ccccc2)cc1. The monoisotopic (exact) mass is 403 g/mol. The molecule has 0 aromatic heterocycles. The van der Waals surface area contributed by atoms with Crippen LogP contribution in [0.1, 0.15) is 28.9 Å². The third-order valence-corrected chi connectivity index (χ3v) is 4.69. The average molecular weight is 403 g/mol. The summed E-state index contributed by atoms with van der Waals surface area (Å²) in [5, 5.41) is 8.51. The van der Waals surface area contributed by atoms with Gasteiger partial charge in [0.15, 0.2) is 11.5 Å². The van der Waals surface area contributed by atoms with Gasteiger partial charge >= 0.3 is 6.03 Å². The van der Waals surface area contributed by atoms with Gasteiger partial charge in [-0.15, -0.1) is 0 Å². The topological polar surface area (TPSA) is 88.7 Å². The molecule has 1 aliphatic rings. The van der Waals surface area contributed by atoms with Gasteiger partial charge in [-0.3, -0.25) is 4.79 Å². The molecular formula is C23H21N3O4. The molecule has 1 atom stereocenters. The van der Waals surface area contributed by atoms with E-state index in [1.807, 2.05) is 49.4 Å². The molecule has 0 radical (unpaired) electrons. The minimum absolute atomic E-state index is 0.113. The minimum atomic E-state index is -0.324. The molecule has 30 heavy (non-hydrogen) atoms. The summed E-state index contributed by atoms with van der Waals surface area (Å²) < 4.78 is 10.7. The zero-order valence-electron chi connectivity index (χ0n) is 16.3. The Morgan fingerprint density at radius 2 is 1.53 bits per heavy atom. The first kappa shape index (κ1) is 19.3. The van der Waals surface area contributed by atoms with Crippen LogP contribution < -0.4 is 25.4 Å². The molecule has 0 spiro atoms. The zero-order valence-corrected chi connectivity index (χ0v) is 16.3. The predicted octanol–water partition coefficient (Wildman–Crippen LogP) is 4.55. The average Bonchev–Trinajstić information content (AvgIpc) is 3.23. The van der Waals surface area contributed by atoms with Crippen LogP contribution >= 0.6 is 0 Å². The number of rotatable bonds is 5. The summed E-state index contributed by atoms with van der Waals surface area (Å²) in [6.45, 7) is 2.00. The fraction of sp³-hybridized carbons (Fsp3) is 0.130. The molecule has 3 aromatic rings. The summed E-state index contributed by atoms with van der Waals surface area (Å²) >= 11 is 0. The summed E-state index contributed by atoms with van der Waals surface area (Å²) in [5.74, 6) is 0.792. The lowest BCUT2D eigenvalue weighted by molar-refractivity contribution is 0.0935. The number of benzene rings is 3. The van der Waals surface area contributed by atoms with Crippen LogP contribution in [0.15, 0.2) is 72.8 Å². The van der Waals surface area contributed by atoms with Crippen molar-refractivity contribution >= 4 is 23.3 Å². The second kappa shape index (κ2) is 8.57. The van der Waals surface area contributed by atoms with Crippen molar-refractivity contribution in [2.24, 2.45) is 0 Å². The molecule has 0 bridgehead atoms. The van der Waals surface area contributed by atoms with Crippen molar-refractivity contribution in [3.05, 3.63) is 83.9 Å². The van der Waals surface area contributed by atoms with Gasteiger partial charge < -0.3 is 25.4 Å². The number of carbonyl (C=O) groups is 2. The van der Waals surface area contributed by atoms with Crippen LogP contribution in [0.4, 0.5) is 16.2 Å². The highest BCUT2D eigenvalue weighted by atomic mass is 16.7. The van der Waals surface area contributed by atoms with Crippen LogP contribution in [0.2, 0.25) is 0 Å². The lowest BCUT2D eigenvalue weighted by Gasteiger charge is -2.16. The Bertz CT molecular complexity index is 1050. The number of ether oxygens (including phenoxy) is 2. The molecule has 3 N–H and O–H groups in total. The van der Waals surface area contributed by atoms with E-state index >= 15 is 0 Å². The van der Waals surface area contributed by atoms with Gasteiger partial charge in [0.2, 0.25) is 6.79 Å². The van der Waals surface area contributed by atoms with Crippen LogP contribution in [0.3, 0.4) is 0 Å². The fourth-order valence-corrected chi connectivity index (χ4v) is 3.14. The van der Waals surface area contributed by atoms with Crippen molar-refractivity contribution in [2.75, 3.05) is 17.4 Å². The first-order valence-electron chi connectivity index (χ1n) is 9.52. The van der Waals surface area contributed by atoms with Gasteiger partial charge in [0.05, 0.1) is 11.6 Å². The molecule has 1 unspecified atom stereocenters. The maximum atomic E-state index is 12.7. The normalized spacial score (nSPS) is 12.7. The lowest BCUT2D eigenvalue weighted by Crippen LogP contribution is -2.27. The van der Waals surface area contributed by atoms with E-state index in [1.165, 1.54) is 0 Å². The second-order valence-electron chi connectivity index (χ2n) is 6.80.